The van der Waals surface area contributed by atoms with E-state index in [1.54, 1.807) is 6.08 Å². The van der Waals surface area contributed by atoms with E-state index >= 15 is 0 Å². The summed E-state index contributed by atoms with van der Waals surface area (Å²) in [5.74, 6) is -0.553. The van der Waals surface area contributed by atoms with Crippen molar-refractivity contribution >= 4 is 5.97 Å². The van der Waals surface area contributed by atoms with Gasteiger partial charge in [0, 0.05) is 13.2 Å². The average molecular weight is 311 g/mol. The quantitative estimate of drug-likeness (QED) is 0.607. The predicted octanol–water partition coefficient (Wildman–Crippen LogP) is 2.91. The van der Waals surface area contributed by atoms with Crippen LogP contribution in [0.25, 0.3) is 0 Å². The van der Waals surface area contributed by atoms with Gasteiger partial charge < -0.3 is 19.8 Å². The first-order valence-corrected chi connectivity index (χ1v) is 8.09. The number of methoxy groups -OCH3 is 1. The molecule has 0 aromatic heterocycles. The van der Waals surface area contributed by atoms with E-state index in [1.165, 1.54) is 13.5 Å². The molecular formula is C17H29NO4. The molecule has 1 unspecified atom stereocenters. The van der Waals surface area contributed by atoms with E-state index in [0.29, 0.717) is 12.3 Å². The second-order valence-corrected chi connectivity index (χ2v) is 5.96. The Hall–Kier alpha value is -1.49. The number of carbonyl (C=O) groups is 1. The van der Waals surface area contributed by atoms with Crippen LogP contribution in [0.4, 0.5) is 0 Å². The molecule has 5 nitrogen and oxygen atoms in total. The number of aliphatic hydroxyl groups excluding tert-OH is 1. The molecule has 0 aromatic rings. The lowest BCUT2D eigenvalue weighted by atomic mass is 9.89. The van der Waals surface area contributed by atoms with Crippen LogP contribution in [-0.4, -0.2) is 46.9 Å². The van der Waals surface area contributed by atoms with Gasteiger partial charge in [-0.05, 0) is 32.3 Å². The Labute approximate surface area is 133 Å². The van der Waals surface area contributed by atoms with Gasteiger partial charge in [-0.1, -0.05) is 32.3 Å². The van der Waals surface area contributed by atoms with Crippen LogP contribution in [0.15, 0.2) is 23.6 Å². The Morgan fingerprint density at radius 2 is 2.05 bits per heavy atom. The van der Waals surface area contributed by atoms with E-state index in [0.717, 1.165) is 32.2 Å². The van der Waals surface area contributed by atoms with Crippen molar-refractivity contribution in [3.63, 3.8) is 0 Å². The molecule has 1 heterocycles. The molecule has 0 aliphatic carbocycles. The third kappa shape index (κ3) is 4.50. The predicted molar refractivity (Wildman–Crippen MR) is 86.4 cm³/mol. The third-order valence-electron chi connectivity index (χ3n) is 4.20. The van der Waals surface area contributed by atoms with E-state index in [2.05, 4.69) is 13.8 Å². The second-order valence-electron chi connectivity index (χ2n) is 5.96. The number of unbranched alkanes of at least 4 members (excludes halogenated alkanes) is 3. The normalized spacial score (nSPS) is 21.4. The number of nitrogens with zero attached hydrogens (tertiary/aromatic N) is 1. The van der Waals surface area contributed by atoms with Crippen molar-refractivity contribution in [1.29, 1.82) is 0 Å². The summed E-state index contributed by atoms with van der Waals surface area (Å²) >= 11 is 0. The lowest BCUT2D eigenvalue weighted by Crippen LogP contribution is -2.48. The standard InChI is InChI=1S/C17H29NO4/c1-4-5-6-7-12-18-15(22-3)14(16(20)21)9-11-17(18,2)10-8-13-19/h9,11,19H,4-8,10,12-13H2,1-3H3,(H,20,21). The number of rotatable bonds is 10. The molecule has 0 radical (unpaired) electrons. The van der Waals surface area contributed by atoms with Gasteiger partial charge in [-0.3, -0.25) is 0 Å². The number of hydrogen-bond acceptors (Lipinski definition) is 4. The Bertz CT molecular complexity index is 430. The van der Waals surface area contributed by atoms with Gasteiger partial charge in [-0.2, -0.15) is 0 Å². The topological polar surface area (TPSA) is 70.0 Å². The van der Waals surface area contributed by atoms with Crippen molar-refractivity contribution in [3.05, 3.63) is 23.6 Å². The molecule has 1 aliphatic rings. The highest BCUT2D eigenvalue weighted by Gasteiger charge is 2.36. The van der Waals surface area contributed by atoms with Gasteiger partial charge in [0.2, 0.25) is 5.88 Å². The van der Waals surface area contributed by atoms with Crippen molar-refractivity contribution < 1.29 is 19.7 Å². The largest absolute Gasteiger partial charge is 0.482 e. The van der Waals surface area contributed by atoms with Gasteiger partial charge in [0.05, 0.1) is 12.6 Å². The van der Waals surface area contributed by atoms with E-state index < -0.39 is 5.97 Å². The zero-order chi connectivity index (χ0) is 16.6. The van der Waals surface area contributed by atoms with Gasteiger partial charge in [-0.15, -0.1) is 0 Å². The van der Waals surface area contributed by atoms with Gasteiger partial charge in [-0.25, -0.2) is 4.79 Å². The van der Waals surface area contributed by atoms with E-state index in [9.17, 15) is 9.90 Å². The summed E-state index contributed by atoms with van der Waals surface area (Å²) in [6.45, 7) is 5.12. The average Bonchev–Trinajstić information content (AvgIpc) is 2.50. The highest BCUT2D eigenvalue weighted by Crippen LogP contribution is 2.34. The molecule has 22 heavy (non-hydrogen) atoms. The van der Waals surface area contributed by atoms with Crippen LogP contribution >= 0.6 is 0 Å². The summed E-state index contributed by atoms with van der Waals surface area (Å²) in [6.07, 6.45) is 9.43. The van der Waals surface area contributed by atoms with E-state index in [-0.39, 0.29) is 17.7 Å². The number of ether oxygens (including phenoxy) is 1. The van der Waals surface area contributed by atoms with Crippen LogP contribution in [0.1, 0.15) is 52.4 Å². The number of carboxylic acid groups (broad SMARTS) is 1. The minimum absolute atomic E-state index is 0.130. The lowest BCUT2D eigenvalue weighted by molar-refractivity contribution is -0.132. The van der Waals surface area contributed by atoms with Crippen molar-refractivity contribution in [2.45, 2.75) is 57.9 Å². The molecule has 1 atom stereocenters. The van der Waals surface area contributed by atoms with Crippen LogP contribution in [0.3, 0.4) is 0 Å². The van der Waals surface area contributed by atoms with Crippen LogP contribution < -0.4 is 0 Å². The first-order valence-electron chi connectivity index (χ1n) is 8.09. The maximum Gasteiger partial charge on any atom is 0.341 e. The summed E-state index contributed by atoms with van der Waals surface area (Å²) in [4.78, 5) is 13.5. The summed E-state index contributed by atoms with van der Waals surface area (Å²) in [5, 5.41) is 18.5. The molecule has 0 saturated heterocycles. The fourth-order valence-corrected chi connectivity index (χ4v) is 2.89. The Kier molecular flexibility index (Phi) is 7.45. The summed E-state index contributed by atoms with van der Waals surface area (Å²) in [6, 6.07) is 0. The zero-order valence-electron chi connectivity index (χ0n) is 14.0. The molecule has 0 amide bonds. The van der Waals surface area contributed by atoms with Crippen molar-refractivity contribution in [2.24, 2.45) is 0 Å². The Balaban J connectivity index is 2.99. The maximum atomic E-state index is 11.4. The Morgan fingerprint density at radius 3 is 2.59 bits per heavy atom. The van der Waals surface area contributed by atoms with E-state index in [1.807, 2.05) is 11.0 Å². The highest BCUT2D eigenvalue weighted by atomic mass is 16.5. The lowest BCUT2D eigenvalue weighted by Gasteiger charge is -2.44. The monoisotopic (exact) mass is 311 g/mol. The SMILES string of the molecule is CCCCCCN1C(OC)=C(C(=O)O)C=CC1(C)CCCO. The smallest absolute Gasteiger partial charge is 0.341 e. The molecule has 5 heteroatoms. The van der Waals surface area contributed by atoms with E-state index in [4.69, 9.17) is 9.84 Å². The summed E-state index contributed by atoms with van der Waals surface area (Å²) in [7, 11) is 1.52. The van der Waals surface area contributed by atoms with Crippen molar-refractivity contribution in [3.8, 4) is 0 Å². The molecule has 0 saturated carbocycles. The first kappa shape index (κ1) is 18.6. The van der Waals surface area contributed by atoms with Gasteiger partial charge in [0.15, 0.2) is 0 Å². The second kappa shape index (κ2) is 8.83. The van der Waals surface area contributed by atoms with Gasteiger partial charge in [0.25, 0.3) is 0 Å². The molecule has 0 aromatic carbocycles. The fourth-order valence-electron chi connectivity index (χ4n) is 2.89. The summed E-state index contributed by atoms with van der Waals surface area (Å²) in [5.41, 5.74) is -0.126. The molecular weight excluding hydrogens is 282 g/mol. The van der Waals surface area contributed by atoms with Crippen molar-refractivity contribution in [2.75, 3.05) is 20.3 Å². The van der Waals surface area contributed by atoms with Gasteiger partial charge in [0.1, 0.15) is 5.57 Å². The van der Waals surface area contributed by atoms with Crippen LogP contribution in [0.2, 0.25) is 0 Å². The number of carboxylic acids is 1. The fraction of sp³-hybridized carbons (Fsp3) is 0.706. The summed E-state index contributed by atoms with van der Waals surface area (Å²) < 4.78 is 5.42. The van der Waals surface area contributed by atoms with Crippen LogP contribution in [0, 0.1) is 0 Å². The molecule has 2 N–H and O–H groups in total. The molecule has 126 valence electrons. The number of aliphatic hydroxyl groups is 1. The molecule has 0 spiro atoms. The van der Waals surface area contributed by atoms with Crippen LogP contribution in [-0.2, 0) is 9.53 Å². The minimum atomic E-state index is -0.976. The van der Waals surface area contributed by atoms with Crippen molar-refractivity contribution in [1.82, 2.24) is 4.90 Å². The number of aliphatic carboxylic acids is 1. The zero-order valence-corrected chi connectivity index (χ0v) is 14.0. The maximum absolute atomic E-state index is 11.4. The molecule has 1 aliphatic heterocycles. The minimum Gasteiger partial charge on any atom is -0.482 e. The molecule has 0 fully saturated rings. The number of hydrogen-bond donors (Lipinski definition) is 2. The highest BCUT2D eigenvalue weighted by molar-refractivity contribution is 5.90. The molecule has 0 bridgehead atoms. The van der Waals surface area contributed by atoms with Gasteiger partial charge >= 0.3 is 5.97 Å². The van der Waals surface area contributed by atoms with Crippen LogP contribution in [0.5, 0.6) is 0 Å². The molecule has 1 rings (SSSR count). The Morgan fingerprint density at radius 1 is 1.32 bits per heavy atom. The first-order chi connectivity index (χ1) is 10.5. The third-order valence-corrected chi connectivity index (χ3v) is 4.20.